The Hall–Kier alpha value is -2.67. The predicted molar refractivity (Wildman–Crippen MR) is 102 cm³/mol. The van der Waals surface area contributed by atoms with Gasteiger partial charge in [0.1, 0.15) is 0 Å². The number of aryl methyl sites for hydroxylation is 2. The number of hydrogen-bond donors (Lipinski definition) is 1. The molecule has 1 N–H and O–H groups in total. The highest BCUT2D eigenvalue weighted by molar-refractivity contribution is 5.88. The molecule has 1 atom stereocenters. The van der Waals surface area contributed by atoms with E-state index < -0.39 is 5.97 Å². The molecule has 2 aliphatic heterocycles. The minimum Gasteiger partial charge on any atom is -0.476 e. The van der Waals surface area contributed by atoms with Gasteiger partial charge in [0.05, 0.1) is 12.5 Å². The molecule has 7 nitrogen and oxygen atoms in total. The van der Waals surface area contributed by atoms with E-state index in [1.807, 2.05) is 22.9 Å². The maximum atomic E-state index is 12.7. The molecule has 0 spiro atoms. The lowest BCUT2D eigenvalue weighted by molar-refractivity contribution is -0.136. The van der Waals surface area contributed by atoms with Crippen LogP contribution in [0.15, 0.2) is 30.3 Å². The molecule has 28 heavy (non-hydrogen) atoms. The van der Waals surface area contributed by atoms with Crippen LogP contribution in [0.4, 0.5) is 0 Å². The molecule has 7 heteroatoms. The van der Waals surface area contributed by atoms with Crippen LogP contribution >= 0.6 is 0 Å². The Morgan fingerprint density at radius 1 is 1.25 bits per heavy atom. The highest BCUT2D eigenvalue weighted by atomic mass is 16.5. The van der Waals surface area contributed by atoms with Crippen molar-refractivity contribution in [3.05, 3.63) is 52.8 Å². The zero-order valence-electron chi connectivity index (χ0n) is 15.8. The fourth-order valence-electron chi connectivity index (χ4n) is 4.10. The number of rotatable bonds is 6. The summed E-state index contributed by atoms with van der Waals surface area (Å²) in [6.07, 6.45) is 3.19. The Labute approximate surface area is 163 Å². The molecule has 1 aromatic heterocycles. The van der Waals surface area contributed by atoms with E-state index in [0.29, 0.717) is 44.8 Å². The molecule has 0 bridgehead atoms. The predicted octanol–water partition coefficient (Wildman–Crippen LogP) is 2.14. The van der Waals surface area contributed by atoms with Crippen molar-refractivity contribution >= 4 is 11.9 Å². The first kappa shape index (κ1) is 18.7. The van der Waals surface area contributed by atoms with Crippen LogP contribution in [0.25, 0.3) is 0 Å². The third kappa shape index (κ3) is 3.80. The Balaban J connectivity index is 1.47. The minimum absolute atomic E-state index is 0.0660. The van der Waals surface area contributed by atoms with Gasteiger partial charge in [0.2, 0.25) is 5.91 Å². The third-order valence-corrected chi connectivity index (χ3v) is 5.61. The lowest BCUT2D eigenvalue weighted by Gasteiger charge is -2.29. The topological polar surface area (TPSA) is 84.7 Å². The van der Waals surface area contributed by atoms with Crippen molar-refractivity contribution in [2.75, 3.05) is 19.8 Å². The number of carbonyl (C=O) groups is 2. The second-order valence-electron chi connectivity index (χ2n) is 7.46. The quantitative estimate of drug-likeness (QED) is 0.826. The van der Waals surface area contributed by atoms with Gasteiger partial charge in [0.15, 0.2) is 5.69 Å². The van der Waals surface area contributed by atoms with Crippen molar-refractivity contribution in [3.63, 3.8) is 0 Å². The molecular formula is C21H25N3O4. The monoisotopic (exact) mass is 383 g/mol. The Kier molecular flexibility index (Phi) is 5.43. The fourth-order valence-corrected chi connectivity index (χ4v) is 4.10. The van der Waals surface area contributed by atoms with E-state index in [1.165, 1.54) is 5.56 Å². The van der Waals surface area contributed by atoms with E-state index in [2.05, 4.69) is 17.2 Å². The molecule has 1 saturated heterocycles. The van der Waals surface area contributed by atoms with Gasteiger partial charge in [-0.15, -0.1) is 0 Å². The molecule has 2 aromatic rings. The maximum Gasteiger partial charge on any atom is 0.356 e. The summed E-state index contributed by atoms with van der Waals surface area (Å²) < 4.78 is 7.16. The van der Waals surface area contributed by atoms with E-state index in [-0.39, 0.29) is 17.5 Å². The summed E-state index contributed by atoms with van der Waals surface area (Å²) in [4.78, 5) is 26.2. The first-order valence-electron chi connectivity index (χ1n) is 9.86. The number of benzene rings is 1. The lowest BCUT2D eigenvalue weighted by atomic mass is 10.0. The molecule has 0 unspecified atom stereocenters. The van der Waals surface area contributed by atoms with Crippen molar-refractivity contribution in [2.45, 2.75) is 38.8 Å². The lowest BCUT2D eigenvalue weighted by Crippen LogP contribution is -2.40. The smallest absolute Gasteiger partial charge is 0.356 e. The van der Waals surface area contributed by atoms with Crippen LogP contribution in [0.2, 0.25) is 0 Å². The summed E-state index contributed by atoms with van der Waals surface area (Å²) in [6, 6.07) is 10.2. The van der Waals surface area contributed by atoms with Gasteiger partial charge in [-0.2, -0.15) is 5.10 Å². The molecule has 0 radical (unpaired) electrons. The summed E-state index contributed by atoms with van der Waals surface area (Å²) in [5.41, 5.74) is 2.98. The first-order chi connectivity index (χ1) is 13.6. The van der Waals surface area contributed by atoms with Crippen LogP contribution in [0.1, 0.15) is 40.2 Å². The van der Waals surface area contributed by atoms with Crippen LogP contribution in [-0.2, 0) is 35.5 Å². The average molecular weight is 383 g/mol. The van der Waals surface area contributed by atoms with Crippen molar-refractivity contribution < 1.29 is 19.4 Å². The van der Waals surface area contributed by atoms with Gasteiger partial charge in [-0.25, -0.2) is 4.79 Å². The van der Waals surface area contributed by atoms with Crippen molar-refractivity contribution in [3.8, 4) is 0 Å². The van der Waals surface area contributed by atoms with Crippen molar-refractivity contribution in [2.24, 2.45) is 5.92 Å². The van der Waals surface area contributed by atoms with E-state index >= 15 is 0 Å². The number of carbonyl (C=O) groups excluding carboxylic acids is 1. The van der Waals surface area contributed by atoms with Gasteiger partial charge in [-0.1, -0.05) is 30.3 Å². The largest absolute Gasteiger partial charge is 0.476 e. The van der Waals surface area contributed by atoms with Gasteiger partial charge in [0.25, 0.3) is 0 Å². The number of hydrogen-bond acceptors (Lipinski definition) is 4. The molecule has 1 fully saturated rings. The molecule has 2 aliphatic rings. The molecule has 1 aromatic carbocycles. The van der Waals surface area contributed by atoms with Crippen LogP contribution in [0.5, 0.6) is 0 Å². The normalized spacial score (nSPS) is 18.9. The number of nitrogens with zero attached hydrogens (tertiary/aromatic N) is 3. The zero-order chi connectivity index (χ0) is 19.5. The first-order valence-corrected chi connectivity index (χ1v) is 9.86. The number of carboxylic acids is 1. The molecule has 0 saturated carbocycles. The number of aromatic nitrogens is 2. The number of fused-ring (bicyclic) bond motifs is 1. The highest BCUT2D eigenvalue weighted by Crippen LogP contribution is 2.26. The molecule has 4 rings (SSSR count). The molecular weight excluding hydrogens is 358 g/mol. The number of carboxylic acid groups (broad SMARTS) is 1. The zero-order valence-corrected chi connectivity index (χ0v) is 15.8. The van der Waals surface area contributed by atoms with Gasteiger partial charge >= 0.3 is 5.97 Å². The van der Waals surface area contributed by atoms with Gasteiger partial charge in [-0.3, -0.25) is 9.48 Å². The average Bonchev–Trinajstić information content (AvgIpc) is 3.36. The summed E-state index contributed by atoms with van der Waals surface area (Å²) in [5.74, 6) is -1.07. The second-order valence-corrected chi connectivity index (χ2v) is 7.46. The third-order valence-electron chi connectivity index (χ3n) is 5.61. The summed E-state index contributed by atoms with van der Waals surface area (Å²) in [5, 5.41) is 14.0. The summed E-state index contributed by atoms with van der Waals surface area (Å²) >= 11 is 0. The van der Waals surface area contributed by atoms with Crippen LogP contribution in [0, 0.1) is 5.92 Å². The van der Waals surface area contributed by atoms with E-state index in [0.717, 1.165) is 25.0 Å². The van der Waals surface area contributed by atoms with Gasteiger partial charge < -0.3 is 14.7 Å². The molecule has 148 valence electrons. The number of aromatic carboxylic acids is 1. The molecule has 3 heterocycles. The van der Waals surface area contributed by atoms with Crippen molar-refractivity contribution in [1.82, 2.24) is 14.7 Å². The SMILES string of the molecule is O=C(O)c1nn(CCCc2ccccc2)c2c1CN(C(=O)[C@@H]1CCOC1)CC2. The van der Waals surface area contributed by atoms with E-state index in [4.69, 9.17) is 4.74 Å². The Bertz CT molecular complexity index is 856. The molecule has 0 aliphatic carbocycles. The number of amides is 1. The maximum absolute atomic E-state index is 12.7. The standard InChI is InChI=1S/C21H25N3O4/c25-20(16-9-12-28-14-16)23-11-8-18-17(13-23)19(21(26)27)22-24(18)10-4-7-15-5-2-1-3-6-15/h1-3,5-6,16H,4,7-14H2,(H,26,27)/t16-/m1/s1. The highest BCUT2D eigenvalue weighted by Gasteiger charge is 2.33. The second kappa shape index (κ2) is 8.14. The van der Waals surface area contributed by atoms with E-state index in [9.17, 15) is 14.7 Å². The van der Waals surface area contributed by atoms with Crippen LogP contribution in [-0.4, -0.2) is 51.4 Å². The van der Waals surface area contributed by atoms with Gasteiger partial charge in [-0.05, 0) is 24.8 Å². The van der Waals surface area contributed by atoms with Gasteiger partial charge in [0, 0.05) is 43.9 Å². The van der Waals surface area contributed by atoms with Crippen LogP contribution < -0.4 is 0 Å². The minimum atomic E-state index is -1.03. The summed E-state index contributed by atoms with van der Waals surface area (Å²) in [7, 11) is 0. The fraction of sp³-hybridized carbons (Fsp3) is 0.476. The van der Waals surface area contributed by atoms with E-state index in [1.54, 1.807) is 4.90 Å². The van der Waals surface area contributed by atoms with Crippen LogP contribution in [0.3, 0.4) is 0 Å². The summed E-state index contributed by atoms with van der Waals surface area (Å²) in [6.45, 7) is 2.69. The Morgan fingerprint density at radius 3 is 2.79 bits per heavy atom. The van der Waals surface area contributed by atoms with Crippen molar-refractivity contribution in [1.29, 1.82) is 0 Å². The molecule has 1 amide bonds. The Morgan fingerprint density at radius 2 is 2.07 bits per heavy atom. The number of ether oxygens (including phenoxy) is 1.